The lowest BCUT2D eigenvalue weighted by atomic mass is 10.1. The standard InChI is InChI=1S/C15H23ClN2/c1-18(13-6-4-2-3-5-7-13)11-12-8-9-14(16)15(17)10-12/h8-10,13H,2-7,11,17H2,1H3. The third-order valence-electron chi connectivity index (χ3n) is 3.94. The van der Waals surface area contributed by atoms with E-state index in [2.05, 4.69) is 18.0 Å². The minimum absolute atomic E-state index is 0.649. The lowest BCUT2D eigenvalue weighted by Crippen LogP contribution is -2.30. The van der Waals surface area contributed by atoms with Gasteiger partial charge in [-0.1, -0.05) is 43.4 Å². The van der Waals surface area contributed by atoms with Crippen molar-refractivity contribution in [2.24, 2.45) is 0 Å². The fourth-order valence-corrected chi connectivity index (χ4v) is 2.92. The average molecular weight is 267 g/mol. The lowest BCUT2D eigenvalue weighted by Gasteiger charge is -2.27. The second kappa shape index (κ2) is 6.44. The van der Waals surface area contributed by atoms with Gasteiger partial charge in [-0.15, -0.1) is 0 Å². The largest absolute Gasteiger partial charge is 0.398 e. The van der Waals surface area contributed by atoms with Crippen LogP contribution in [0.15, 0.2) is 18.2 Å². The summed E-state index contributed by atoms with van der Waals surface area (Å²) in [6.07, 6.45) is 8.21. The van der Waals surface area contributed by atoms with Crippen LogP contribution in [0, 0.1) is 0 Å². The van der Waals surface area contributed by atoms with Gasteiger partial charge in [0, 0.05) is 12.6 Å². The highest BCUT2D eigenvalue weighted by atomic mass is 35.5. The molecule has 1 aliphatic rings. The van der Waals surface area contributed by atoms with Crippen LogP contribution < -0.4 is 5.73 Å². The molecule has 0 saturated heterocycles. The van der Waals surface area contributed by atoms with Gasteiger partial charge in [-0.2, -0.15) is 0 Å². The van der Waals surface area contributed by atoms with Gasteiger partial charge in [0.1, 0.15) is 0 Å². The van der Waals surface area contributed by atoms with Gasteiger partial charge < -0.3 is 5.73 Å². The SMILES string of the molecule is CN(Cc1ccc(Cl)c(N)c1)C1CCCCCC1. The van der Waals surface area contributed by atoms with Crippen LogP contribution in [0.4, 0.5) is 5.69 Å². The molecule has 0 amide bonds. The van der Waals surface area contributed by atoms with Gasteiger partial charge >= 0.3 is 0 Å². The van der Waals surface area contributed by atoms with E-state index in [1.165, 1.54) is 44.1 Å². The molecule has 0 aromatic heterocycles. The predicted octanol–water partition coefficient (Wildman–Crippen LogP) is 4.08. The van der Waals surface area contributed by atoms with Gasteiger partial charge in [-0.3, -0.25) is 4.90 Å². The number of halogens is 1. The summed E-state index contributed by atoms with van der Waals surface area (Å²) in [5, 5.41) is 0.649. The van der Waals surface area contributed by atoms with E-state index in [9.17, 15) is 0 Å². The molecule has 100 valence electrons. The second-order valence-corrected chi connectivity index (χ2v) is 5.82. The molecular formula is C15H23ClN2. The normalized spacial score (nSPS) is 17.9. The van der Waals surface area contributed by atoms with Crippen LogP contribution >= 0.6 is 11.6 Å². The van der Waals surface area contributed by atoms with E-state index in [4.69, 9.17) is 17.3 Å². The van der Waals surface area contributed by atoms with Crippen molar-refractivity contribution in [3.05, 3.63) is 28.8 Å². The highest BCUT2D eigenvalue weighted by Gasteiger charge is 2.17. The molecule has 0 aliphatic heterocycles. The molecule has 1 aromatic rings. The molecule has 2 nitrogen and oxygen atoms in total. The molecular weight excluding hydrogens is 244 g/mol. The van der Waals surface area contributed by atoms with Crippen LogP contribution in [0.25, 0.3) is 0 Å². The van der Waals surface area contributed by atoms with E-state index in [0.717, 1.165) is 12.6 Å². The van der Waals surface area contributed by atoms with Gasteiger partial charge in [0.05, 0.1) is 10.7 Å². The molecule has 2 rings (SSSR count). The molecule has 0 bridgehead atoms. The number of rotatable bonds is 3. The molecule has 0 radical (unpaired) electrons. The van der Waals surface area contributed by atoms with Crippen LogP contribution in [0.3, 0.4) is 0 Å². The van der Waals surface area contributed by atoms with Gasteiger partial charge in [-0.05, 0) is 37.6 Å². The van der Waals surface area contributed by atoms with Crippen LogP contribution in [0.5, 0.6) is 0 Å². The van der Waals surface area contributed by atoms with Gasteiger partial charge in [0.25, 0.3) is 0 Å². The van der Waals surface area contributed by atoms with Crippen LogP contribution in [-0.2, 0) is 6.54 Å². The summed E-state index contributed by atoms with van der Waals surface area (Å²) < 4.78 is 0. The zero-order valence-electron chi connectivity index (χ0n) is 11.2. The summed E-state index contributed by atoms with van der Waals surface area (Å²) in [6.45, 7) is 0.964. The number of hydrogen-bond donors (Lipinski definition) is 1. The molecule has 2 N–H and O–H groups in total. The van der Waals surface area contributed by atoms with E-state index < -0.39 is 0 Å². The Bertz CT molecular complexity index is 384. The maximum absolute atomic E-state index is 5.95. The van der Waals surface area contributed by atoms with Crippen molar-refractivity contribution in [1.29, 1.82) is 0 Å². The maximum Gasteiger partial charge on any atom is 0.0635 e. The number of hydrogen-bond acceptors (Lipinski definition) is 2. The minimum Gasteiger partial charge on any atom is -0.398 e. The number of anilines is 1. The fraction of sp³-hybridized carbons (Fsp3) is 0.600. The third kappa shape index (κ3) is 3.63. The van der Waals surface area contributed by atoms with Crippen molar-refractivity contribution in [2.45, 2.75) is 51.1 Å². The zero-order valence-corrected chi connectivity index (χ0v) is 11.9. The zero-order chi connectivity index (χ0) is 13.0. The van der Waals surface area contributed by atoms with Crippen LogP contribution in [0.2, 0.25) is 5.02 Å². The van der Waals surface area contributed by atoms with Crippen molar-refractivity contribution < 1.29 is 0 Å². The maximum atomic E-state index is 5.95. The van der Waals surface area contributed by atoms with Crippen LogP contribution in [0.1, 0.15) is 44.1 Å². The fourth-order valence-electron chi connectivity index (χ4n) is 2.81. The molecule has 18 heavy (non-hydrogen) atoms. The van der Waals surface area contributed by atoms with Gasteiger partial charge in [-0.25, -0.2) is 0 Å². The van der Waals surface area contributed by atoms with Crippen molar-refractivity contribution >= 4 is 17.3 Å². The van der Waals surface area contributed by atoms with Crippen molar-refractivity contribution in [3.63, 3.8) is 0 Å². The van der Waals surface area contributed by atoms with Crippen molar-refractivity contribution in [3.8, 4) is 0 Å². The van der Waals surface area contributed by atoms with Crippen molar-refractivity contribution in [1.82, 2.24) is 4.90 Å². The first-order chi connectivity index (χ1) is 8.66. The molecule has 0 spiro atoms. The summed E-state index contributed by atoms with van der Waals surface area (Å²) in [7, 11) is 2.22. The highest BCUT2D eigenvalue weighted by Crippen LogP contribution is 2.24. The minimum atomic E-state index is 0.649. The third-order valence-corrected chi connectivity index (χ3v) is 4.28. The van der Waals surface area contributed by atoms with Crippen LogP contribution in [-0.4, -0.2) is 18.0 Å². The van der Waals surface area contributed by atoms with Crippen molar-refractivity contribution in [2.75, 3.05) is 12.8 Å². The first-order valence-electron chi connectivity index (χ1n) is 6.91. The summed E-state index contributed by atoms with van der Waals surface area (Å²) in [5.41, 5.74) is 7.79. The molecule has 3 heteroatoms. The second-order valence-electron chi connectivity index (χ2n) is 5.42. The summed E-state index contributed by atoms with van der Waals surface area (Å²) in [6, 6.07) is 6.69. The number of nitrogens with two attached hydrogens (primary N) is 1. The number of benzene rings is 1. The molecule has 0 unspecified atom stereocenters. The van der Waals surface area contributed by atoms with Gasteiger partial charge in [0.2, 0.25) is 0 Å². The Kier molecular flexibility index (Phi) is 4.90. The average Bonchev–Trinajstić information content (AvgIpc) is 2.62. The Balaban J connectivity index is 1.96. The molecule has 0 heterocycles. The first-order valence-corrected chi connectivity index (χ1v) is 7.29. The van der Waals surface area contributed by atoms with E-state index in [1.807, 2.05) is 12.1 Å². The molecule has 1 aromatic carbocycles. The Morgan fingerprint density at radius 2 is 1.89 bits per heavy atom. The molecule has 1 saturated carbocycles. The van der Waals surface area contributed by atoms with E-state index in [-0.39, 0.29) is 0 Å². The first kappa shape index (κ1) is 13.7. The van der Waals surface area contributed by atoms with E-state index >= 15 is 0 Å². The number of nitrogens with zero attached hydrogens (tertiary/aromatic N) is 1. The summed E-state index contributed by atoms with van der Waals surface area (Å²) >= 11 is 5.95. The Hall–Kier alpha value is -0.730. The molecule has 0 atom stereocenters. The molecule has 1 aliphatic carbocycles. The van der Waals surface area contributed by atoms with E-state index in [1.54, 1.807) is 0 Å². The quantitative estimate of drug-likeness (QED) is 0.660. The lowest BCUT2D eigenvalue weighted by molar-refractivity contribution is 0.213. The Morgan fingerprint density at radius 3 is 2.50 bits per heavy atom. The summed E-state index contributed by atoms with van der Waals surface area (Å²) in [5.74, 6) is 0. The predicted molar refractivity (Wildman–Crippen MR) is 78.8 cm³/mol. The Morgan fingerprint density at radius 1 is 1.22 bits per heavy atom. The van der Waals surface area contributed by atoms with Gasteiger partial charge in [0.15, 0.2) is 0 Å². The summed E-state index contributed by atoms with van der Waals surface area (Å²) in [4.78, 5) is 2.47. The topological polar surface area (TPSA) is 29.3 Å². The molecule has 1 fully saturated rings. The smallest absolute Gasteiger partial charge is 0.0635 e. The monoisotopic (exact) mass is 266 g/mol. The number of nitrogen functional groups attached to an aromatic ring is 1. The van der Waals surface area contributed by atoms with E-state index in [0.29, 0.717) is 10.7 Å². The Labute approximate surface area is 115 Å². The highest BCUT2D eigenvalue weighted by molar-refractivity contribution is 6.33.